The van der Waals surface area contributed by atoms with E-state index in [2.05, 4.69) is 17.0 Å². The molecule has 1 heterocycles. The Morgan fingerprint density at radius 2 is 2.15 bits per heavy atom. The van der Waals surface area contributed by atoms with Crippen molar-refractivity contribution in [3.05, 3.63) is 29.8 Å². The summed E-state index contributed by atoms with van der Waals surface area (Å²) in [5.74, 6) is 0. The summed E-state index contributed by atoms with van der Waals surface area (Å²) in [5.41, 5.74) is 1.71. The molecular formula is C11H11N2. The number of nitrogens with zero attached hydrogens (tertiary/aromatic N) is 2. The van der Waals surface area contributed by atoms with Crippen molar-refractivity contribution < 1.29 is 0 Å². The van der Waals surface area contributed by atoms with E-state index in [0.29, 0.717) is 5.56 Å². The Labute approximate surface area is 78.4 Å². The maximum atomic E-state index is 8.87. The van der Waals surface area contributed by atoms with Crippen LogP contribution in [0.25, 0.3) is 0 Å². The number of benzene rings is 1. The molecule has 0 bridgehead atoms. The molecule has 0 spiro atoms. The topological polar surface area (TPSA) is 27.0 Å². The monoisotopic (exact) mass is 171 g/mol. The van der Waals surface area contributed by atoms with Crippen LogP contribution in [0.5, 0.6) is 0 Å². The van der Waals surface area contributed by atoms with Gasteiger partial charge < -0.3 is 4.90 Å². The first-order chi connectivity index (χ1) is 6.42. The van der Waals surface area contributed by atoms with Crippen LogP contribution in [0.15, 0.2) is 18.2 Å². The molecule has 1 aromatic carbocycles. The highest BCUT2D eigenvalue weighted by Gasteiger charge is 2.14. The molecule has 13 heavy (non-hydrogen) atoms. The fourth-order valence-corrected chi connectivity index (χ4v) is 1.74. The molecule has 0 saturated carbocycles. The van der Waals surface area contributed by atoms with Crippen LogP contribution in [0.4, 0.5) is 5.69 Å². The Kier molecular flexibility index (Phi) is 2.18. The molecule has 2 nitrogen and oxygen atoms in total. The molecular weight excluding hydrogens is 160 g/mol. The van der Waals surface area contributed by atoms with Crippen molar-refractivity contribution in [1.82, 2.24) is 0 Å². The van der Waals surface area contributed by atoms with Crippen LogP contribution in [0.3, 0.4) is 0 Å². The highest BCUT2D eigenvalue weighted by Crippen LogP contribution is 2.22. The van der Waals surface area contributed by atoms with E-state index in [0.717, 1.165) is 18.8 Å². The van der Waals surface area contributed by atoms with Gasteiger partial charge in [0.05, 0.1) is 11.3 Å². The van der Waals surface area contributed by atoms with E-state index in [9.17, 15) is 0 Å². The van der Waals surface area contributed by atoms with Crippen molar-refractivity contribution in [2.24, 2.45) is 0 Å². The zero-order valence-corrected chi connectivity index (χ0v) is 7.45. The van der Waals surface area contributed by atoms with Crippen molar-refractivity contribution in [3.8, 4) is 6.07 Å². The molecule has 0 N–H and O–H groups in total. The van der Waals surface area contributed by atoms with Gasteiger partial charge in [0.25, 0.3) is 0 Å². The quantitative estimate of drug-likeness (QED) is 0.645. The molecule has 1 aliphatic rings. The fraction of sp³-hybridized carbons (Fsp3) is 0.364. The van der Waals surface area contributed by atoms with Crippen molar-refractivity contribution >= 4 is 5.69 Å². The highest BCUT2D eigenvalue weighted by atomic mass is 15.1. The van der Waals surface area contributed by atoms with Gasteiger partial charge in [-0.05, 0) is 18.9 Å². The van der Waals surface area contributed by atoms with Crippen molar-refractivity contribution in [2.75, 3.05) is 18.0 Å². The van der Waals surface area contributed by atoms with Crippen LogP contribution in [0, 0.1) is 17.4 Å². The molecule has 65 valence electrons. The van der Waals surface area contributed by atoms with E-state index in [1.807, 2.05) is 12.1 Å². The van der Waals surface area contributed by atoms with Crippen molar-refractivity contribution in [2.45, 2.75) is 12.8 Å². The third kappa shape index (κ3) is 1.50. The first-order valence-electron chi connectivity index (χ1n) is 4.57. The third-order valence-corrected chi connectivity index (χ3v) is 2.39. The minimum atomic E-state index is 0.671. The lowest BCUT2D eigenvalue weighted by Crippen LogP contribution is -2.18. The lowest BCUT2D eigenvalue weighted by atomic mass is 10.2. The van der Waals surface area contributed by atoms with Crippen LogP contribution < -0.4 is 4.90 Å². The Morgan fingerprint density at radius 3 is 2.85 bits per heavy atom. The van der Waals surface area contributed by atoms with Gasteiger partial charge in [-0.1, -0.05) is 12.1 Å². The second-order valence-corrected chi connectivity index (χ2v) is 3.24. The van der Waals surface area contributed by atoms with Crippen LogP contribution in [-0.4, -0.2) is 13.1 Å². The molecule has 0 unspecified atom stereocenters. The molecule has 1 aliphatic heterocycles. The van der Waals surface area contributed by atoms with Crippen molar-refractivity contribution in [1.29, 1.82) is 5.26 Å². The minimum absolute atomic E-state index is 0.671. The molecule has 1 fully saturated rings. The Hall–Kier alpha value is -1.49. The molecule has 0 amide bonds. The number of anilines is 1. The summed E-state index contributed by atoms with van der Waals surface area (Å²) >= 11 is 0. The van der Waals surface area contributed by atoms with Gasteiger partial charge in [0.1, 0.15) is 6.07 Å². The summed E-state index contributed by atoms with van der Waals surface area (Å²) in [4.78, 5) is 2.26. The average molecular weight is 171 g/mol. The normalized spacial score (nSPS) is 15.8. The van der Waals surface area contributed by atoms with Crippen molar-refractivity contribution in [3.63, 3.8) is 0 Å². The smallest absolute Gasteiger partial charge is 0.102 e. The Balaban J connectivity index is 2.33. The fourth-order valence-electron chi connectivity index (χ4n) is 1.74. The lowest BCUT2D eigenvalue weighted by Gasteiger charge is -2.18. The van der Waals surface area contributed by atoms with Gasteiger partial charge in [-0.2, -0.15) is 5.26 Å². The molecule has 1 aromatic rings. The van der Waals surface area contributed by atoms with Gasteiger partial charge in [-0.15, -0.1) is 0 Å². The lowest BCUT2D eigenvalue weighted by molar-refractivity contribution is 0.949. The third-order valence-electron chi connectivity index (χ3n) is 2.39. The predicted molar refractivity (Wildman–Crippen MR) is 51.4 cm³/mol. The summed E-state index contributed by atoms with van der Waals surface area (Å²) in [7, 11) is 0. The van der Waals surface area contributed by atoms with E-state index < -0.39 is 0 Å². The summed E-state index contributed by atoms with van der Waals surface area (Å²) in [6.07, 6.45) is 2.47. The standard InChI is InChI=1S/C11H11N2/c12-9-10-5-1-2-6-11(10)13-7-3-4-8-13/h1-2,6H,3-4,7-8H2. The zero-order chi connectivity index (χ0) is 9.10. The maximum Gasteiger partial charge on any atom is 0.102 e. The van der Waals surface area contributed by atoms with E-state index in [1.165, 1.54) is 12.8 Å². The van der Waals surface area contributed by atoms with Crippen LogP contribution in [0.1, 0.15) is 18.4 Å². The highest BCUT2D eigenvalue weighted by molar-refractivity contribution is 5.59. The van der Waals surface area contributed by atoms with Gasteiger partial charge in [0.2, 0.25) is 0 Å². The maximum absolute atomic E-state index is 8.87. The zero-order valence-electron chi connectivity index (χ0n) is 7.45. The van der Waals surface area contributed by atoms with E-state index in [1.54, 1.807) is 6.07 Å². The Bertz CT molecular complexity index is 332. The second kappa shape index (κ2) is 3.49. The molecule has 1 saturated heterocycles. The van der Waals surface area contributed by atoms with Gasteiger partial charge in [0, 0.05) is 19.2 Å². The van der Waals surface area contributed by atoms with Gasteiger partial charge in [0.15, 0.2) is 0 Å². The number of hydrogen-bond acceptors (Lipinski definition) is 2. The van der Waals surface area contributed by atoms with E-state index in [4.69, 9.17) is 5.26 Å². The summed E-state index contributed by atoms with van der Waals surface area (Å²) < 4.78 is 0. The largest absolute Gasteiger partial charge is 0.370 e. The summed E-state index contributed by atoms with van der Waals surface area (Å²) in [5, 5.41) is 8.87. The number of hydrogen-bond donors (Lipinski definition) is 0. The van der Waals surface area contributed by atoms with Crippen LogP contribution >= 0.6 is 0 Å². The molecule has 0 atom stereocenters. The first-order valence-corrected chi connectivity index (χ1v) is 4.57. The van der Waals surface area contributed by atoms with E-state index in [-0.39, 0.29) is 0 Å². The molecule has 2 heteroatoms. The van der Waals surface area contributed by atoms with Crippen LogP contribution in [-0.2, 0) is 0 Å². The SMILES string of the molecule is N#Cc1[c]cccc1N1CCCC1. The first kappa shape index (κ1) is 8.12. The Morgan fingerprint density at radius 1 is 1.38 bits per heavy atom. The molecule has 2 rings (SSSR count). The minimum Gasteiger partial charge on any atom is -0.370 e. The van der Waals surface area contributed by atoms with Gasteiger partial charge >= 0.3 is 0 Å². The molecule has 1 radical (unpaired) electrons. The summed E-state index contributed by atoms with van der Waals surface area (Å²) in [6, 6.07) is 10.9. The summed E-state index contributed by atoms with van der Waals surface area (Å²) in [6.45, 7) is 2.15. The second-order valence-electron chi connectivity index (χ2n) is 3.24. The molecule has 0 aromatic heterocycles. The molecule has 0 aliphatic carbocycles. The predicted octanol–water partition coefficient (Wildman–Crippen LogP) is 1.96. The number of nitriles is 1. The van der Waals surface area contributed by atoms with Crippen LogP contribution in [0.2, 0.25) is 0 Å². The van der Waals surface area contributed by atoms with E-state index >= 15 is 0 Å². The van der Waals surface area contributed by atoms with Gasteiger partial charge in [-0.25, -0.2) is 0 Å². The average Bonchev–Trinajstić information content (AvgIpc) is 2.70. The van der Waals surface area contributed by atoms with Gasteiger partial charge in [-0.3, -0.25) is 0 Å². The number of rotatable bonds is 1.